The maximum Gasteiger partial charge on any atom is 0.416 e. The van der Waals surface area contributed by atoms with Crippen LogP contribution in [0.1, 0.15) is 48.8 Å². The van der Waals surface area contributed by atoms with Gasteiger partial charge in [-0.15, -0.1) is 0 Å². The Morgan fingerprint density at radius 2 is 1.56 bits per heavy atom. The van der Waals surface area contributed by atoms with Gasteiger partial charge in [0.15, 0.2) is 11.5 Å². The lowest BCUT2D eigenvalue weighted by molar-refractivity contribution is -0.137. The lowest BCUT2D eigenvalue weighted by Gasteiger charge is -2.32. The Morgan fingerprint density at radius 3 is 2.19 bits per heavy atom. The van der Waals surface area contributed by atoms with Crippen LogP contribution in [0.2, 0.25) is 0 Å². The van der Waals surface area contributed by atoms with Crippen LogP contribution < -0.4 is 20.3 Å². The molecular formula is C37H37F3N4O4. The molecule has 2 amide bonds. The van der Waals surface area contributed by atoms with Gasteiger partial charge in [0, 0.05) is 12.2 Å². The lowest BCUT2D eigenvalue weighted by atomic mass is 10.1. The van der Waals surface area contributed by atoms with Gasteiger partial charge in [0.2, 0.25) is 0 Å². The number of carbonyl (C=O) groups is 1. The average molecular weight is 659 g/mol. The summed E-state index contributed by atoms with van der Waals surface area (Å²) in [6.07, 6.45) is -2.92. The van der Waals surface area contributed by atoms with E-state index in [2.05, 4.69) is 5.32 Å². The summed E-state index contributed by atoms with van der Waals surface area (Å²) in [6.45, 7) is 4.12. The van der Waals surface area contributed by atoms with Gasteiger partial charge in [-0.05, 0) is 91.1 Å². The summed E-state index contributed by atoms with van der Waals surface area (Å²) >= 11 is 0. The number of hydrogen-bond donors (Lipinski definition) is 1. The fraction of sp³-hybridized carbons (Fsp3) is 0.270. The van der Waals surface area contributed by atoms with Crippen molar-refractivity contribution in [3.63, 3.8) is 0 Å². The van der Waals surface area contributed by atoms with Crippen LogP contribution in [0, 0.1) is 0 Å². The van der Waals surface area contributed by atoms with E-state index in [0.29, 0.717) is 46.8 Å². The fourth-order valence-electron chi connectivity index (χ4n) is 5.67. The van der Waals surface area contributed by atoms with Crippen molar-refractivity contribution in [1.29, 1.82) is 0 Å². The first-order valence-electron chi connectivity index (χ1n) is 15.6. The molecule has 1 unspecified atom stereocenters. The van der Waals surface area contributed by atoms with Crippen LogP contribution in [0.15, 0.2) is 95.8 Å². The minimum Gasteiger partial charge on any atom is -0.493 e. The number of nitrogens with one attached hydrogen (secondary N) is 1. The number of amides is 2. The molecule has 1 N–H and O–H groups in total. The van der Waals surface area contributed by atoms with Crippen molar-refractivity contribution in [3.05, 3.63) is 124 Å². The van der Waals surface area contributed by atoms with Gasteiger partial charge < -0.3 is 19.7 Å². The van der Waals surface area contributed by atoms with E-state index in [-0.39, 0.29) is 17.8 Å². The van der Waals surface area contributed by atoms with E-state index in [9.17, 15) is 22.8 Å². The number of ether oxygens (including phenoxy) is 2. The molecule has 0 radical (unpaired) electrons. The Bertz CT molecular complexity index is 1940. The molecule has 0 bridgehead atoms. The Morgan fingerprint density at radius 1 is 0.896 bits per heavy atom. The van der Waals surface area contributed by atoms with Crippen molar-refractivity contribution >= 4 is 22.6 Å². The number of carbonyl (C=O) groups excluding carboxylic acids is 1. The SMILES string of the molecule is CCc1ccc(-n2c(C(CC)N(CCc3ccc(OC)c(OC)c3)C(=O)Nc3ccc(C(F)(F)F)cc3)nc3ccccc3c2=O)cc1. The Labute approximate surface area is 276 Å². The molecule has 1 heterocycles. The largest absolute Gasteiger partial charge is 0.493 e. The highest BCUT2D eigenvalue weighted by atomic mass is 19.4. The maximum absolute atomic E-state index is 14.1. The van der Waals surface area contributed by atoms with E-state index in [4.69, 9.17) is 14.5 Å². The van der Waals surface area contributed by atoms with Gasteiger partial charge in [-0.1, -0.05) is 44.2 Å². The molecule has 0 saturated carbocycles. The number of para-hydroxylation sites is 1. The van der Waals surface area contributed by atoms with E-state index in [1.54, 1.807) is 46.9 Å². The fourth-order valence-corrected chi connectivity index (χ4v) is 5.67. The molecule has 48 heavy (non-hydrogen) atoms. The second-order valence-corrected chi connectivity index (χ2v) is 11.2. The predicted molar refractivity (Wildman–Crippen MR) is 180 cm³/mol. The molecule has 4 aromatic carbocycles. The summed E-state index contributed by atoms with van der Waals surface area (Å²) in [7, 11) is 3.08. The highest BCUT2D eigenvalue weighted by molar-refractivity contribution is 5.89. The smallest absolute Gasteiger partial charge is 0.416 e. The van der Waals surface area contributed by atoms with Crippen LogP contribution >= 0.6 is 0 Å². The summed E-state index contributed by atoms with van der Waals surface area (Å²) in [5.41, 5.74) is 2.14. The van der Waals surface area contributed by atoms with Crippen molar-refractivity contribution in [2.45, 2.75) is 45.3 Å². The van der Waals surface area contributed by atoms with Crippen molar-refractivity contribution in [2.24, 2.45) is 0 Å². The van der Waals surface area contributed by atoms with E-state index in [1.165, 1.54) is 19.2 Å². The van der Waals surface area contributed by atoms with E-state index in [1.807, 2.05) is 50.2 Å². The quantitative estimate of drug-likeness (QED) is 0.155. The Balaban J connectivity index is 1.60. The molecule has 250 valence electrons. The molecule has 1 atom stereocenters. The van der Waals surface area contributed by atoms with E-state index >= 15 is 0 Å². The van der Waals surface area contributed by atoms with Crippen molar-refractivity contribution in [2.75, 3.05) is 26.1 Å². The van der Waals surface area contributed by atoms with Gasteiger partial charge in [-0.3, -0.25) is 9.36 Å². The molecule has 0 fully saturated rings. The number of rotatable bonds is 11. The summed E-state index contributed by atoms with van der Waals surface area (Å²) in [6, 6.07) is 23.2. The summed E-state index contributed by atoms with van der Waals surface area (Å²) in [5.74, 6) is 1.45. The molecule has 0 aliphatic heterocycles. The van der Waals surface area contributed by atoms with Crippen LogP contribution in [-0.2, 0) is 19.0 Å². The molecule has 11 heteroatoms. The van der Waals surface area contributed by atoms with Crippen LogP contribution in [-0.4, -0.2) is 41.2 Å². The highest BCUT2D eigenvalue weighted by Gasteiger charge is 2.31. The molecule has 8 nitrogen and oxygen atoms in total. The number of benzene rings is 4. The number of urea groups is 1. The van der Waals surface area contributed by atoms with Crippen molar-refractivity contribution in [3.8, 4) is 17.2 Å². The maximum atomic E-state index is 14.1. The van der Waals surface area contributed by atoms with Crippen LogP contribution in [0.25, 0.3) is 16.6 Å². The zero-order chi connectivity index (χ0) is 34.4. The third kappa shape index (κ3) is 7.30. The lowest BCUT2D eigenvalue weighted by Crippen LogP contribution is -2.42. The number of methoxy groups -OCH3 is 2. The topological polar surface area (TPSA) is 85.7 Å². The van der Waals surface area contributed by atoms with Crippen LogP contribution in [0.4, 0.5) is 23.7 Å². The van der Waals surface area contributed by atoms with Crippen molar-refractivity contribution < 1.29 is 27.4 Å². The molecule has 5 rings (SSSR count). The molecule has 0 aliphatic rings. The number of hydrogen-bond acceptors (Lipinski definition) is 5. The standard InChI is InChI=1S/C37H37F3N4O4/c1-5-24-11-18-28(19-12-24)44-34(42-30-10-8-7-9-29(30)35(44)45)31(6-2)43(22-21-25-13-20-32(47-3)33(23-25)48-4)36(46)41-27-16-14-26(15-17-27)37(38,39)40/h7-20,23,31H,5-6,21-22H2,1-4H3,(H,41,46). The number of anilines is 1. The normalized spacial score (nSPS) is 12.1. The minimum absolute atomic E-state index is 0.178. The molecule has 0 saturated heterocycles. The highest BCUT2D eigenvalue weighted by Crippen LogP contribution is 2.32. The number of alkyl halides is 3. The molecule has 0 spiro atoms. The van der Waals surface area contributed by atoms with Gasteiger partial charge in [0.1, 0.15) is 5.82 Å². The van der Waals surface area contributed by atoms with E-state index < -0.39 is 23.8 Å². The monoisotopic (exact) mass is 658 g/mol. The first-order chi connectivity index (χ1) is 23.1. The summed E-state index contributed by atoms with van der Waals surface area (Å²) in [4.78, 5) is 34.8. The Kier molecular flexibility index (Phi) is 10.4. The number of halogens is 3. The summed E-state index contributed by atoms with van der Waals surface area (Å²) in [5, 5.41) is 3.20. The van der Waals surface area contributed by atoms with Crippen LogP contribution in [0.3, 0.4) is 0 Å². The zero-order valence-electron chi connectivity index (χ0n) is 27.2. The van der Waals surface area contributed by atoms with Crippen LogP contribution in [0.5, 0.6) is 11.5 Å². The zero-order valence-corrected chi connectivity index (χ0v) is 27.2. The van der Waals surface area contributed by atoms with Crippen molar-refractivity contribution in [1.82, 2.24) is 14.5 Å². The molecule has 1 aromatic heterocycles. The Hall–Kier alpha value is -5.32. The van der Waals surface area contributed by atoms with Gasteiger partial charge in [0.05, 0.1) is 42.4 Å². The number of fused-ring (bicyclic) bond motifs is 1. The molecular weight excluding hydrogens is 621 g/mol. The number of nitrogens with zero attached hydrogens (tertiary/aromatic N) is 3. The molecule has 0 aliphatic carbocycles. The second-order valence-electron chi connectivity index (χ2n) is 11.2. The average Bonchev–Trinajstić information content (AvgIpc) is 3.09. The third-order valence-electron chi connectivity index (χ3n) is 8.28. The van der Waals surface area contributed by atoms with Gasteiger partial charge in [-0.25, -0.2) is 9.78 Å². The third-order valence-corrected chi connectivity index (χ3v) is 8.28. The second kappa shape index (κ2) is 14.6. The summed E-state index contributed by atoms with van der Waals surface area (Å²) < 4.78 is 52.1. The first-order valence-corrected chi connectivity index (χ1v) is 15.6. The predicted octanol–water partition coefficient (Wildman–Crippen LogP) is 8.21. The molecule has 5 aromatic rings. The number of aryl methyl sites for hydroxylation is 1. The van der Waals surface area contributed by atoms with Gasteiger partial charge in [-0.2, -0.15) is 13.2 Å². The number of aromatic nitrogens is 2. The van der Waals surface area contributed by atoms with Gasteiger partial charge >= 0.3 is 12.2 Å². The van der Waals surface area contributed by atoms with Gasteiger partial charge in [0.25, 0.3) is 5.56 Å². The first kappa shape index (κ1) is 34.0. The van der Waals surface area contributed by atoms with E-state index in [0.717, 1.165) is 29.7 Å². The minimum atomic E-state index is -4.51.